The largest absolute Gasteiger partial charge is 0.339 e. The highest BCUT2D eigenvalue weighted by atomic mass is 16.5. The van der Waals surface area contributed by atoms with E-state index in [1.165, 1.54) is 5.56 Å². The zero-order valence-corrected chi connectivity index (χ0v) is 13.7. The van der Waals surface area contributed by atoms with Gasteiger partial charge in [0.25, 0.3) is 0 Å². The first kappa shape index (κ1) is 15.4. The highest BCUT2D eigenvalue weighted by molar-refractivity contribution is 5.54. The molecule has 23 heavy (non-hydrogen) atoms. The van der Waals surface area contributed by atoms with E-state index in [0.29, 0.717) is 17.8 Å². The normalized spacial score (nSPS) is 11.3. The van der Waals surface area contributed by atoms with Crippen molar-refractivity contribution >= 4 is 0 Å². The van der Waals surface area contributed by atoms with Crippen LogP contribution in [0, 0.1) is 6.92 Å². The Morgan fingerprint density at radius 3 is 2.61 bits per heavy atom. The number of nitrogens with one attached hydrogen (secondary N) is 1. The van der Waals surface area contributed by atoms with Crippen molar-refractivity contribution in [2.24, 2.45) is 0 Å². The molecule has 3 aromatic rings. The molecule has 0 atom stereocenters. The van der Waals surface area contributed by atoms with Gasteiger partial charge in [-0.1, -0.05) is 29.4 Å². The molecule has 1 aromatic carbocycles. The van der Waals surface area contributed by atoms with E-state index in [1.54, 1.807) is 6.92 Å². The van der Waals surface area contributed by atoms with Gasteiger partial charge in [-0.05, 0) is 19.4 Å². The number of imidazole rings is 1. The predicted octanol–water partition coefficient (Wildman–Crippen LogP) is 3.11. The van der Waals surface area contributed by atoms with Crippen molar-refractivity contribution in [2.45, 2.75) is 39.9 Å². The molecule has 0 fully saturated rings. The predicted molar refractivity (Wildman–Crippen MR) is 87.6 cm³/mol. The Morgan fingerprint density at radius 2 is 1.96 bits per heavy atom. The SMILES string of the molecule is Cc1nc(-c2ccc(CNCc3nccn3C(C)C)cc2)no1. The fourth-order valence-corrected chi connectivity index (χ4v) is 2.46. The molecule has 0 spiro atoms. The molecular weight excluding hydrogens is 290 g/mol. The van der Waals surface area contributed by atoms with E-state index >= 15 is 0 Å². The second-order valence-electron chi connectivity index (χ2n) is 5.78. The van der Waals surface area contributed by atoms with E-state index < -0.39 is 0 Å². The van der Waals surface area contributed by atoms with Crippen molar-refractivity contribution in [3.8, 4) is 11.4 Å². The van der Waals surface area contributed by atoms with Crippen LogP contribution >= 0.6 is 0 Å². The number of aromatic nitrogens is 4. The molecule has 0 aliphatic heterocycles. The molecule has 0 aliphatic carbocycles. The molecule has 1 N–H and O–H groups in total. The molecule has 3 rings (SSSR count). The molecule has 0 radical (unpaired) electrons. The number of hydrogen-bond acceptors (Lipinski definition) is 5. The van der Waals surface area contributed by atoms with Gasteiger partial charge in [0.05, 0.1) is 6.54 Å². The van der Waals surface area contributed by atoms with Gasteiger partial charge in [0.1, 0.15) is 5.82 Å². The van der Waals surface area contributed by atoms with Gasteiger partial charge in [0.2, 0.25) is 11.7 Å². The fraction of sp³-hybridized carbons (Fsp3) is 0.353. The van der Waals surface area contributed by atoms with Gasteiger partial charge in [0.15, 0.2) is 0 Å². The van der Waals surface area contributed by atoms with E-state index in [0.717, 1.165) is 24.5 Å². The molecule has 6 nitrogen and oxygen atoms in total. The van der Waals surface area contributed by atoms with E-state index in [2.05, 4.69) is 51.0 Å². The lowest BCUT2D eigenvalue weighted by Gasteiger charge is -2.12. The topological polar surface area (TPSA) is 68.8 Å². The van der Waals surface area contributed by atoms with Crippen LogP contribution in [0.5, 0.6) is 0 Å². The van der Waals surface area contributed by atoms with Crippen molar-refractivity contribution < 1.29 is 4.52 Å². The van der Waals surface area contributed by atoms with Gasteiger partial charge in [-0.2, -0.15) is 4.98 Å². The highest BCUT2D eigenvalue weighted by Gasteiger charge is 2.07. The van der Waals surface area contributed by atoms with Gasteiger partial charge in [-0.25, -0.2) is 4.98 Å². The summed E-state index contributed by atoms with van der Waals surface area (Å²) < 4.78 is 7.18. The quantitative estimate of drug-likeness (QED) is 0.757. The summed E-state index contributed by atoms with van der Waals surface area (Å²) in [7, 11) is 0. The Kier molecular flexibility index (Phi) is 4.52. The average molecular weight is 311 g/mol. The second kappa shape index (κ2) is 6.75. The standard InChI is InChI=1S/C17H21N5O/c1-12(2)22-9-8-19-16(22)11-18-10-14-4-6-15(7-5-14)17-20-13(3)23-21-17/h4-9,12,18H,10-11H2,1-3H3. The maximum absolute atomic E-state index is 5.00. The summed E-state index contributed by atoms with van der Waals surface area (Å²) in [6, 6.07) is 8.59. The molecule has 0 saturated heterocycles. The molecular formula is C17H21N5O. The molecule has 0 aliphatic rings. The Balaban J connectivity index is 1.57. The smallest absolute Gasteiger partial charge is 0.223 e. The van der Waals surface area contributed by atoms with Crippen LogP contribution in [0.3, 0.4) is 0 Å². The molecule has 0 bridgehead atoms. The lowest BCUT2D eigenvalue weighted by Crippen LogP contribution is -2.17. The molecule has 0 unspecified atom stereocenters. The van der Waals surface area contributed by atoms with Crippen LogP contribution < -0.4 is 5.32 Å². The summed E-state index contributed by atoms with van der Waals surface area (Å²) in [6.07, 6.45) is 3.86. The fourth-order valence-electron chi connectivity index (χ4n) is 2.46. The minimum atomic E-state index is 0.423. The summed E-state index contributed by atoms with van der Waals surface area (Å²) in [5.74, 6) is 2.26. The first-order valence-corrected chi connectivity index (χ1v) is 7.75. The second-order valence-corrected chi connectivity index (χ2v) is 5.78. The zero-order chi connectivity index (χ0) is 16.2. The van der Waals surface area contributed by atoms with Crippen molar-refractivity contribution in [3.63, 3.8) is 0 Å². The highest BCUT2D eigenvalue weighted by Crippen LogP contribution is 2.16. The van der Waals surface area contributed by atoms with Crippen molar-refractivity contribution in [3.05, 3.63) is 53.9 Å². The van der Waals surface area contributed by atoms with Crippen molar-refractivity contribution in [2.75, 3.05) is 0 Å². The third-order valence-electron chi connectivity index (χ3n) is 3.66. The number of aryl methyl sites for hydroxylation is 1. The van der Waals surface area contributed by atoms with Gasteiger partial charge in [-0.15, -0.1) is 0 Å². The molecule has 0 amide bonds. The summed E-state index contributed by atoms with van der Waals surface area (Å²) >= 11 is 0. The molecule has 2 aromatic heterocycles. The van der Waals surface area contributed by atoms with Gasteiger partial charge >= 0.3 is 0 Å². The number of rotatable bonds is 6. The zero-order valence-electron chi connectivity index (χ0n) is 13.7. The van der Waals surface area contributed by atoms with Crippen LogP contribution in [-0.2, 0) is 13.1 Å². The monoisotopic (exact) mass is 311 g/mol. The first-order valence-electron chi connectivity index (χ1n) is 7.75. The molecule has 120 valence electrons. The Labute approximate surface area is 135 Å². The van der Waals surface area contributed by atoms with Crippen LogP contribution in [-0.4, -0.2) is 19.7 Å². The average Bonchev–Trinajstić information content (AvgIpc) is 3.17. The Bertz CT molecular complexity index is 757. The minimum absolute atomic E-state index is 0.423. The lowest BCUT2D eigenvalue weighted by molar-refractivity contribution is 0.394. The summed E-state index contributed by atoms with van der Waals surface area (Å²) in [5, 5.41) is 7.35. The van der Waals surface area contributed by atoms with Gasteiger partial charge in [-0.3, -0.25) is 0 Å². The summed E-state index contributed by atoms with van der Waals surface area (Å²) in [5.41, 5.74) is 2.16. The van der Waals surface area contributed by atoms with Crippen LogP contribution in [0.15, 0.2) is 41.2 Å². The van der Waals surface area contributed by atoms with Gasteiger partial charge < -0.3 is 14.4 Å². The van der Waals surface area contributed by atoms with Crippen LogP contribution in [0.4, 0.5) is 0 Å². The molecule has 0 saturated carbocycles. The maximum atomic E-state index is 5.00. The van der Waals surface area contributed by atoms with Gasteiger partial charge in [0, 0.05) is 37.5 Å². The summed E-state index contributed by atoms with van der Waals surface area (Å²) in [6.45, 7) is 7.64. The maximum Gasteiger partial charge on any atom is 0.223 e. The lowest BCUT2D eigenvalue weighted by atomic mass is 10.1. The number of hydrogen-bond donors (Lipinski definition) is 1. The number of nitrogens with zero attached hydrogens (tertiary/aromatic N) is 4. The van der Waals surface area contributed by atoms with Crippen LogP contribution in [0.1, 0.15) is 37.2 Å². The van der Waals surface area contributed by atoms with Crippen LogP contribution in [0.25, 0.3) is 11.4 Å². The number of benzene rings is 1. The third-order valence-corrected chi connectivity index (χ3v) is 3.66. The minimum Gasteiger partial charge on any atom is -0.339 e. The third kappa shape index (κ3) is 3.65. The van der Waals surface area contributed by atoms with Crippen LogP contribution in [0.2, 0.25) is 0 Å². The van der Waals surface area contributed by atoms with E-state index in [1.807, 2.05) is 24.5 Å². The van der Waals surface area contributed by atoms with Crippen molar-refractivity contribution in [1.82, 2.24) is 25.0 Å². The Morgan fingerprint density at radius 1 is 1.17 bits per heavy atom. The van der Waals surface area contributed by atoms with Crippen molar-refractivity contribution in [1.29, 1.82) is 0 Å². The molecule has 2 heterocycles. The first-order chi connectivity index (χ1) is 11.1. The molecule has 6 heteroatoms. The van der Waals surface area contributed by atoms with E-state index in [9.17, 15) is 0 Å². The van der Waals surface area contributed by atoms with E-state index in [4.69, 9.17) is 4.52 Å². The Hall–Kier alpha value is -2.47. The van der Waals surface area contributed by atoms with E-state index in [-0.39, 0.29) is 0 Å². The summed E-state index contributed by atoms with van der Waals surface area (Å²) in [4.78, 5) is 8.63.